The maximum Gasteiger partial charge on any atom is 0.266 e. The van der Waals surface area contributed by atoms with E-state index in [4.69, 9.17) is 9.47 Å². The molecule has 1 amide bonds. The van der Waals surface area contributed by atoms with Gasteiger partial charge in [0.25, 0.3) is 5.91 Å². The number of carbonyl (C=O) groups excluding carboxylic acids is 1. The third-order valence-corrected chi connectivity index (χ3v) is 4.21. The van der Waals surface area contributed by atoms with Crippen molar-refractivity contribution in [2.75, 3.05) is 18.5 Å². The molecule has 0 aliphatic heterocycles. The summed E-state index contributed by atoms with van der Waals surface area (Å²) in [6.45, 7) is 4.96. The van der Waals surface area contributed by atoms with Crippen molar-refractivity contribution < 1.29 is 14.3 Å². The van der Waals surface area contributed by atoms with Crippen molar-refractivity contribution in [3.63, 3.8) is 0 Å². The van der Waals surface area contributed by atoms with E-state index in [1.165, 1.54) is 6.08 Å². The minimum absolute atomic E-state index is 0.00997. The molecule has 0 aliphatic rings. The van der Waals surface area contributed by atoms with Crippen LogP contribution in [0.25, 0.3) is 6.08 Å². The predicted molar refractivity (Wildman–Crippen MR) is 110 cm³/mol. The Bertz CT molecular complexity index is 858. The fourth-order valence-corrected chi connectivity index (χ4v) is 2.72. The van der Waals surface area contributed by atoms with Crippen LogP contribution in [-0.2, 0) is 4.79 Å². The van der Waals surface area contributed by atoms with Crippen LogP contribution < -0.4 is 14.8 Å². The lowest BCUT2D eigenvalue weighted by Gasteiger charge is -2.13. The van der Waals surface area contributed by atoms with Crippen LogP contribution in [0.15, 0.2) is 52.5 Å². The Hall–Kier alpha value is -2.78. The number of nitrogens with one attached hydrogen (secondary N) is 1. The Balaban J connectivity index is 2.32. The molecule has 0 fully saturated rings. The summed E-state index contributed by atoms with van der Waals surface area (Å²) < 4.78 is 12.1. The topological polar surface area (TPSA) is 71.3 Å². The van der Waals surface area contributed by atoms with Crippen molar-refractivity contribution in [3.8, 4) is 17.6 Å². The van der Waals surface area contributed by atoms with Gasteiger partial charge in [-0.15, -0.1) is 0 Å². The summed E-state index contributed by atoms with van der Waals surface area (Å²) in [4.78, 5) is 12.4. The number of amides is 1. The number of halogens is 1. The van der Waals surface area contributed by atoms with Gasteiger partial charge in [0, 0.05) is 10.2 Å². The highest BCUT2D eigenvalue weighted by molar-refractivity contribution is 9.10. The van der Waals surface area contributed by atoms with E-state index < -0.39 is 5.91 Å². The molecule has 27 heavy (non-hydrogen) atoms. The molecule has 140 valence electrons. The first kappa shape index (κ1) is 20.5. The van der Waals surface area contributed by atoms with Gasteiger partial charge in [-0.25, -0.2) is 0 Å². The van der Waals surface area contributed by atoms with Gasteiger partial charge < -0.3 is 14.8 Å². The lowest BCUT2D eigenvalue weighted by molar-refractivity contribution is -0.112. The molecule has 1 N–H and O–H groups in total. The molecular formula is C21H21BrN2O3. The van der Waals surface area contributed by atoms with Crippen molar-refractivity contribution in [2.24, 2.45) is 0 Å². The van der Waals surface area contributed by atoms with Crippen molar-refractivity contribution in [3.05, 3.63) is 58.1 Å². The number of para-hydroxylation sites is 1. The number of nitrogens with zero attached hydrogens (tertiary/aromatic N) is 1. The Morgan fingerprint density at radius 1 is 1.19 bits per heavy atom. The average Bonchev–Trinajstić information content (AvgIpc) is 2.67. The highest BCUT2D eigenvalue weighted by Gasteiger charge is 2.14. The summed E-state index contributed by atoms with van der Waals surface area (Å²) in [6.07, 6.45) is 2.40. The number of benzene rings is 2. The van der Waals surface area contributed by atoms with Gasteiger partial charge in [0.15, 0.2) is 11.5 Å². The molecule has 0 aromatic heterocycles. The van der Waals surface area contributed by atoms with Crippen LogP contribution in [0.1, 0.15) is 25.8 Å². The number of nitriles is 1. The maximum atomic E-state index is 12.4. The first-order chi connectivity index (χ1) is 13.1. The highest BCUT2D eigenvalue weighted by atomic mass is 79.9. The predicted octanol–water partition coefficient (Wildman–Crippen LogP) is 5.18. The lowest BCUT2D eigenvalue weighted by atomic mass is 10.1. The number of carbonyl (C=O) groups is 1. The second-order valence-corrected chi connectivity index (χ2v) is 6.45. The third kappa shape index (κ3) is 5.87. The van der Waals surface area contributed by atoms with Gasteiger partial charge in [-0.05, 0) is 49.2 Å². The van der Waals surface area contributed by atoms with Crippen molar-refractivity contribution >= 4 is 33.6 Å². The molecule has 0 aliphatic carbocycles. The molecule has 0 radical (unpaired) electrons. The zero-order chi connectivity index (χ0) is 19.6. The van der Waals surface area contributed by atoms with Gasteiger partial charge in [-0.3, -0.25) is 4.79 Å². The van der Waals surface area contributed by atoms with Crippen LogP contribution in [0.3, 0.4) is 0 Å². The molecule has 2 aromatic rings. The molecule has 0 bridgehead atoms. The summed E-state index contributed by atoms with van der Waals surface area (Å²) in [5, 5.41) is 12.1. The van der Waals surface area contributed by atoms with Crippen LogP contribution >= 0.6 is 15.9 Å². The number of ether oxygens (including phenoxy) is 2. The molecule has 0 unspecified atom stereocenters. The van der Waals surface area contributed by atoms with E-state index in [1.54, 1.807) is 24.3 Å². The Kier molecular flexibility index (Phi) is 7.90. The van der Waals surface area contributed by atoms with Crippen LogP contribution in [0.2, 0.25) is 0 Å². The zero-order valence-corrected chi connectivity index (χ0v) is 16.9. The molecule has 2 rings (SSSR count). The molecule has 6 heteroatoms. The number of hydrogen-bond donors (Lipinski definition) is 1. The van der Waals surface area contributed by atoms with E-state index in [9.17, 15) is 10.1 Å². The van der Waals surface area contributed by atoms with E-state index in [1.807, 2.05) is 38.1 Å². The van der Waals surface area contributed by atoms with Gasteiger partial charge in [-0.1, -0.05) is 41.1 Å². The van der Waals surface area contributed by atoms with E-state index in [-0.39, 0.29) is 5.57 Å². The van der Waals surface area contributed by atoms with Crippen LogP contribution in [0.5, 0.6) is 11.5 Å². The third-order valence-electron chi connectivity index (χ3n) is 3.52. The van der Waals surface area contributed by atoms with Gasteiger partial charge in [-0.2, -0.15) is 5.26 Å². The minimum atomic E-state index is -0.472. The summed E-state index contributed by atoms with van der Waals surface area (Å²) in [6, 6.07) is 14.5. The SMILES string of the molecule is CCCOc1cc(Br)c(/C=C(\C#N)C(=O)Nc2ccccc2)cc1OCC. The summed E-state index contributed by atoms with van der Waals surface area (Å²) >= 11 is 3.48. The van der Waals surface area contributed by atoms with E-state index in [0.717, 1.165) is 6.42 Å². The first-order valence-corrected chi connectivity index (χ1v) is 9.45. The van der Waals surface area contributed by atoms with Gasteiger partial charge >= 0.3 is 0 Å². The van der Waals surface area contributed by atoms with Crippen LogP contribution in [0, 0.1) is 11.3 Å². The second kappa shape index (κ2) is 10.4. The van der Waals surface area contributed by atoms with Crippen molar-refractivity contribution in [2.45, 2.75) is 20.3 Å². The molecule has 2 aromatic carbocycles. The Morgan fingerprint density at radius 2 is 1.89 bits per heavy atom. The smallest absolute Gasteiger partial charge is 0.266 e. The van der Waals surface area contributed by atoms with Crippen molar-refractivity contribution in [1.29, 1.82) is 5.26 Å². The molecule has 5 nitrogen and oxygen atoms in total. The molecule has 0 atom stereocenters. The largest absolute Gasteiger partial charge is 0.490 e. The van der Waals surface area contributed by atoms with Crippen molar-refractivity contribution in [1.82, 2.24) is 0 Å². The van der Waals surface area contributed by atoms with Crippen LogP contribution in [0.4, 0.5) is 5.69 Å². The Labute approximate surface area is 167 Å². The van der Waals surface area contributed by atoms with Crippen LogP contribution in [-0.4, -0.2) is 19.1 Å². The normalized spacial score (nSPS) is 10.8. The lowest BCUT2D eigenvalue weighted by Crippen LogP contribution is -2.13. The fraction of sp³-hybridized carbons (Fsp3) is 0.238. The molecular weight excluding hydrogens is 408 g/mol. The standard InChI is InChI=1S/C21H21BrN2O3/c1-3-10-27-20-13-18(22)15(12-19(20)26-4-2)11-16(14-23)21(25)24-17-8-6-5-7-9-17/h5-9,11-13H,3-4,10H2,1-2H3,(H,24,25)/b16-11+. The van der Waals surface area contributed by atoms with Gasteiger partial charge in [0.2, 0.25) is 0 Å². The van der Waals surface area contributed by atoms with E-state index >= 15 is 0 Å². The summed E-state index contributed by atoms with van der Waals surface area (Å²) in [7, 11) is 0. The van der Waals surface area contributed by atoms with Gasteiger partial charge in [0.05, 0.1) is 13.2 Å². The Morgan fingerprint density at radius 3 is 2.52 bits per heavy atom. The van der Waals surface area contributed by atoms with E-state index in [2.05, 4.69) is 21.2 Å². The summed E-state index contributed by atoms with van der Waals surface area (Å²) in [5.74, 6) is 0.719. The van der Waals surface area contributed by atoms with Gasteiger partial charge in [0.1, 0.15) is 11.6 Å². The number of hydrogen-bond acceptors (Lipinski definition) is 4. The van der Waals surface area contributed by atoms with E-state index in [0.29, 0.717) is 40.4 Å². The molecule has 0 heterocycles. The fourth-order valence-electron chi connectivity index (χ4n) is 2.28. The second-order valence-electron chi connectivity index (χ2n) is 5.59. The molecule has 0 spiro atoms. The minimum Gasteiger partial charge on any atom is -0.490 e. The molecule has 0 saturated heterocycles. The quantitative estimate of drug-likeness (QED) is 0.464. The summed E-state index contributed by atoms with van der Waals surface area (Å²) in [5.41, 5.74) is 1.27. The first-order valence-electron chi connectivity index (χ1n) is 8.66. The highest BCUT2D eigenvalue weighted by Crippen LogP contribution is 2.35. The number of anilines is 1. The number of rotatable bonds is 8. The average molecular weight is 429 g/mol. The molecule has 0 saturated carbocycles. The zero-order valence-electron chi connectivity index (χ0n) is 15.3. The monoisotopic (exact) mass is 428 g/mol. The maximum absolute atomic E-state index is 12.4.